The molecule has 5 rings (SSSR count). The molecule has 2 unspecified atom stereocenters. The summed E-state index contributed by atoms with van der Waals surface area (Å²) < 4.78 is 0. The number of piperidine rings is 3. The first-order valence-corrected chi connectivity index (χ1v) is 9.87. The van der Waals surface area contributed by atoms with Crippen molar-refractivity contribution in [2.24, 2.45) is 5.92 Å². The second kappa shape index (κ2) is 7.50. The monoisotopic (exact) mass is 353 g/mol. The van der Waals surface area contributed by atoms with Gasteiger partial charge in [-0.2, -0.15) is 11.3 Å². The second-order valence-electron chi connectivity index (χ2n) is 6.93. The summed E-state index contributed by atoms with van der Waals surface area (Å²) in [6.07, 6.45) is 10.6. The largest absolute Gasteiger partial charge is 0.348 e. The van der Waals surface area contributed by atoms with Crippen molar-refractivity contribution >= 4 is 23.3 Å². The summed E-state index contributed by atoms with van der Waals surface area (Å²) in [5, 5.41) is 7.37. The Morgan fingerprint density at radius 2 is 2.24 bits per heavy atom. The number of nitrogens with zero attached hydrogens (tertiary/aromatic N) is 2. The van der Waals surface area contributed by atoms with E-state index in [4.69, 9.17) is 0 Å². The average Bonchev–Trinajstić information content (AvgIpc) is 3.17. The maximum absolute atomic E-state index is 12.5. The van der Waals surface area contributed by atoms with Gasteiger partial charge in [-0.15, -0.1) is 0 Å². The summed E-state index contributed by atoms with van der Waals surface area (Å²) in [6.45, 7) is 2.29. The zero-order valence-electron chi connectivity index (χ0n) is 14.2. The van der Waals surface area contributed by atoms with Gasteiger partial charge in [-0.3, -0.25) is 14.7 Å². The maximum atomic E-state index is 12.5. The highest BCUT2D eigenvalue weighted by atomic mass is 32.1. The molecule has 3 fully saturated rings. The molecule has 1 amide bonds. The molecule has 25 heavy (non-hydrogen) atoms. The molecule has 2 aromatic heterocycles. The van der Waals surface area contributed by atoms with Crippen LogP contribution in [-0.4, -0.2) is 41.0 Å². The van der Waals surface area contributed by atoms with Gasteiger partial charge in [-0.1, -0.05) is 6.07 Å². The van der Waals surface area contributed by atoms with E-state index in [1.54, 1.807) is 17.4 Å². The van der Waals surface area contributed by atoms with Crippen molar-refractivity contribution < 1.29 is 4.79 Å². The lowest BCUT2D eigenvalue weighted by Crippen LogP contribution is -2.64. The Kier molecular flexibility index (Phi) is 4.95. The van der Waals surface area contributed by atoms with Crippen molar-refractivity contribution in [3.05, 3.63) is 58.6 Å². The van der Waals surface area contributed by atoms with E-state index in [0.717, 1.165) is 25.1 Å². The molecule has 2 aromatic rings. The highest BCUT2D eigenvalue weighted by molar-refractivity contribution is 7.08. The quantitative estimate of drug-likeness (QED) is 0.841. The van der Waals surface area contributed by atoms with Gasteiger partial charge < -0.3 is 5.32 Å². The molecule has 3 aliphatic rings. The summed E-state index contributed by atoms with van der Waals surface area (Å²) in [7, 11) is 0. The minimum absolute atomic E-state index is 0.0149. The topological polar surface area (TPSA) is 45.2 Å². The van der Waals surface area contributed by atoms with Gasteiger partial charge in [-0.25, -0.2) is 0 Å². The van der Waals surface area contributed by atoms with Crippen LogP contribution in [0, 0.1) is 5.92 Å². The lowest BCUT2D eigenvalue weighted by molar-refractivity contribution is -0.119. The van der Waals surface area contributed by atoms with E-state index in [9.17, 15) is 4.79 Å². The molecule has 1 N–H and O–H groups in total. The zero-order chi connectivity index (χ0) is 17.1. The molecule has 0 radical (unpaired) electrons. The fourth-order valence-corrected chi connectivity index (χ4v) is 4.76. The smallest absolute Gasteiger partial charge is 0.244 e. The minimum Gasteiger partial charge on any atom is -0.348 e. The molecule has 0 aliphatic carbocycles. The number of hydrogen-bond donors (Lipinski definition) is 1. The molecule has 2 atom stereocenters. The summed E-state index contributed by atoms with van der Waals surface area (Å²) >= 11 is 1.64. The molecule has 0 saturated carbocycles. The number of fused-ring (bicyclic) bond motifs is 3. The van der Waals surface area contributed by atoms with Gasteiger partial charge in [0.1, 0.15) is 0 Å². The Balaban J connectivity index is 1.46. The summed E-state index contributed by atoms with van der Waals surface area (Å²) in [6, 6.07) is 6.74. The van der Waals surface area contributed by atoms with Crippen LogP contribution in [0.5, 0.6) is 0 Å². The van der Waals surface area contributed by atoms with Gasteiger partial charge in [0.25, 0.3) is 0 Å². The van der Waals surface area contributed by atoms with E-state index in [-0.39, 0.29) is 11.9 Å². The highest BCUT2D eigenvalue weighted by Crippen LogP contribution is 2.33. The molecule has 3 saturated heterocycles. The fraction of sp³-hybridized carbons (Fsp3) is 0.400. The standard InChI is InChI=1S/C20H23N3OS/c24-19(4-3-15-7-11-25-14-15)22-20-17-5-9-23(10-6-17)18(20)12-16-2-1-8-21-13-16/h1-4,7-8,11,13-14,17-18,20H,5-6,9-10,12H2,(H,22,24). The van der Waals surface area contributed by atoms with Crippen LogP contribution in [0.15, 0.2) is 47.4 Å². The first-order valence-electron chi connectivity index (χ1n) is 8.93. The van der Waals surface area contributed by atoms with Crippen LogP contribution in [0.4, 0.5) is 0 Å². The van der Waals surface area contributed by atoms with E-state index in [1.165, 1.54) is 18.4 Å². The highest BCUT2D eigenvalue weighted by Gasteiger charge is 2.42. The van der Waals surface area contributed by atoms with Crippen LogP contribution < -0.4 is 5.32 Å². The van der Waals surface area contributed by atoms with Crippen LogP contribution in [-0.2, 0) is 11.2 Å². The molecular weight excluding hydrogens is 330 g/mol. The minimum atomic E-state index is 0.0149. The Morgan fingerprint density at radius 3 is 2.96 bits per heavy atom. The number of rotatable bonds is 5. The number of pyridine rings is 1. The number of carbonyl (C=O) groups is 1. The molecular formula is C20H23N3OS. The van der Waals surface area contributed by atoms with Crippen molar-refractivity contribution in [2.45, 2.75) is 31.3 Å². The SMILES string of the molecule is O=C(C=Cc1ccsc1)NC1C2CCN(CC2)C1Cc1cccnc1. The molecule has 3 aliphatic heterocycles. The molecule has 130 valence electrons. The predicted octanol–water partition coefficient (Wildman–Crippen LogP) is 2.98. The van der Waals surface area contributed by atoms with Crippen LogP contribution in [0.25, 0.3) is 6.08 Å². The van der Waals surface area contributed by atoms with Gasteiger partial charge in [0.2, 0.25) is 5.91 Å². The van der Waals surface area contributed by atoms with Gasteiger partial charge in [0, 0.05) is 30.6 Å². The van der Waals surface area contributed by atoms with E-state index in [1.807, 2.05) is 41.4 Å². The summed E-state index contributed by atoms with van der Waals surface area (Å²) in [4.78, 5) is 19.2. The van der Waals surface area contributed by atoms with Crippen LogP contribution in [0.3, 0.4) is 0 Å². The van der Waals surface area contributed by atoms with E-state index < -0.39 is 0 Å². The average molecular weight is 353 g/mol. The number of thiophene rings is 1. The Hall–Kier alpha value is -1.98. The van der Waals surface area contributed by atoms with Crippen molar-refractivity contribution in [3.8, 4) is 0 Å². The Labute approximate surface area is 152 Å². The number of aromatic nitrogens is 1. The Morgan fingerprint density at radius 1 is 1.36 bits per heavy atom. The third-order valence-electron chi connectivity index (χ3n) is 5.41. The van der Waals surface area contributed by atoms with E-state index in [2.05, 4.69) is 21.3 Å². The van der Waals surface area contributed by atoms with Crippen LogP contribution in [0.1, 0.15) is 24.0 Å². The fourth-order valence-electron chi connectivity index (χ4n) is 4.14. The molecule has 0 aromatic carbocycles. The zero-order valence-corrected chi connectivity index (χ0v) is 15.0. The molecule has 4 nitrogen and oxygen atoms in total. The predicted molar refractivity (Wildman–Crippen MR) is 101 cm³/mol. The first kappa shape index (κ1) is 16.5. The number of carbonyl (C=O) groups excluding carboxylic acids is 1. The van der Waals surface area contributed by atoms with Crippen LogP contribution in [0.2, 0.25) is 0 Å². The third kappa shape index (κ3) is 3.83. The lowest BCUT2D eigenvalue weighted by atomic mass is 9.77. The van der Waals surface area contributed by atoms with E-state index in [0.29, 0.717) is 12.0 Å². The van der Waals surface area contributed by atoms with Crippen LogP contribution >= 0.6 is 11.3 Å². The van der Waals surface area contributed by atoms with Gasteiger partial charge >= 0.3 is 0 Å². The summed E-state index contributed by atoms with van der Waals surface area (Å²) in [5.41, 5.74) is 2.33. The van der Waals surface area contributed by atoms with Crippen molar-refractivity contribution in [3.63, 3.8) is 0 Å². The van der Waals surface area contributed by atoms with Gasteiger partial charge in [-0.05, 0) is 78.4 Å². The second-order valence-corrected chi connectivity index (χ2v) is 7.71. The molecule has 2 bridgehead atoms. The molecule has 5 heterocycles. The van der Waals surface area contributed by atoms with Crippen molar-refractivity contribution in [2.75, 3.05) is 13.1 Å². The lowest BCUT2D eigenvalue weighted by Gasteiger charge is -2.51. The number of amides is 1. The van der Waals surface area contributed by atoms with Gasteiger partial charge in [0.05, 0.1) is 0 Å². The maximum Gasteiger partial charge on any atom is 0.244 e. The van der Waals surface area contributed by atoms with Crippen molar-refractivity contribution in [1.29, 1.82) is 0 Å². The number of hydrogen-bond acceptors (Lipinski definition) is 4. The van der Waals surface area contributed by atoms with E-state index >= 15 is 0 Å². The third-order valence-corrected chi connectivity index (χ3v) is 6.11. The first-order chi connectivity index (χ1) is 12.3. The van der Waals surface area contributed by atoms with Gasteiger partial charge in [0.15, 0.2) is 0 Å². The van der Waals surface area contributed by atoms with Crippen molar-refractivity contribution in [1.82, 2.24) is 15.2 Å². The Bertz CT molecular complexity index is 721. The normalized spacial score (nSPS) is 28.3. The summed E-state index contributed by atoms with van der Waals surface area (Å²) in [5.74, 6) is 0.603. The number of nitrogens with one attached hydrogen (secondary N) is 1. The molecule has 5 heteroatoms. The molecule has 0 spiro atoms.